The fourth-order valence-corrected chi connectivity index (χ4v) is 2.23. The zero-order valence-corrected chi connectivity index (χ0v) is 15.3. The maximum atomic E-state index is 11.1. The third-order valence-electron chi connectivity index (χ3n) is 3.14. The number of rotatable bonds is 3. The van der Waals surface area contributed by atoms with Gasteiger partial charge in [-0.15, -0.1) is 0 Å². The van der Waals surface area contributed by atoms with Crippen molar-refractivity contribution in [2.75, 3.05) is 13.1 Å². The minimum atomic E-state index is -4.02. The first-order chi connectivity index (χ1) is 11.0. The molecule has 1 heterocycles. The van der Waals surface area contributed by atoms with Crippen LogP contribution in [-0.2, 0) is 14.9 Å². The molecular weight excluding hydrogens is 332 g/mol. The third-order valence-corrected chi connectivity index (χ3v) is 4.00. The number of amides is 1. The summed E-state index contributed by atoms with van der Waals surface area (Å²) in [6, 6.07) is 6.43. The molecule has 0 saturated carbocycles. The van der Waals surface area contributed by atoms with Crippen LogP contribution in [0, 0.1) is 6.92 Å². The van der Waals surface area contributed by atoms with Crippen molar-refractivity contribution in [3.05, 3.63) is 29.8 Å². The Kier molecular flexibility index (Phi) is 7.19. The van der Waals surface area contributed by atoms with E-state index in [9.17, 15) is 13.2 Å². The number of benzene rings is 1. The zero-order valence-electron chi connectivity index (χ0n) is 14.5. The molecule has 1 aromatic carbocycles. The van der Waals surface area contributed by atoms with Crippen molar-refractivity contribution in [1.82, 2.24) is 10.6 Å². The van der Waals surface area contributed by atoms with Gasteiger partial charge in [0.1, 0.15) is 5.60 Å². The number of nitrogens with one attached hydrogen (secondary N) is 2. The van der Waals surface area contributed by atoms with Crippen LogP contribution in [-0.4, -0.2) is 43.8 Å². The summed E-state index contributed by atoms with van der Waals surface area (Å²) >= 11 is 0. The predicted octanol–water partition coefficient (Wildman–Crippen LogP) is 2.11. The van der Waals surface area contributed by atoms with E-state index in [0.717, 1.165) is 18.5 Å². The largest absolute Gasteiger partial charge is 0.444 e. The van der Waals surface area contributed by atoms with Crippen LogP contribution in [0.1, 0.15) is 32.8 Å². The van der Waals surface area contributed by atoms with Crippen molar-refractivity contribution in [1.29, 1.82) is 0 Å². The molecule has 2 rings (SSSR count). The van der Waals surface area contributed by atoms with E-state index in [1.165, 1.54) is 12.1 Å². The topological polar surface area (TPSA) is 105 Å². The van der Waals surface area contributed by atoms with Crippen LogP contribution in [0.25, 0.3) is 0 Å². The van der Waals surface area contributed by atoms with Crippen molar-refractivity contribution in [3.8, 4) is 0 Å². The van der Waals surface area contributed by atoms with E-state index in [2.05, 4.69) is 10.6 Å². The van der Waals surface area contributed by atoms with Crippen LogP contribution in [0.2, 0.25) is 0 Å². The molecular formula is C16H26N2O5S. The molecule has 1 aliphatic rings. The van der Waals surface area contributed by atoms with Crippen molar-refractivity contribution >= 4 is 16.2 Å². The van der Waals surface area contributed by atoms with Crippen molar-refractivity contribution in [2.45, 2.75) is 50.7 Å². The molecule has 136 valence electrons. The van der Waals surface area contributed by atoms with E-state index in [0.29, 0.717) is 12.6 Å². The first kappa shape index (κ1) is 20.4. The average Bonchev–Trinajstić information content (AvgIpc) is 2.34. The maximum Gasteiger partial charge on any atom is 0.407 e. The van der Waals surface area contributed by atoms with E-state index in [4.69, 9.17) is 9.29 Å². The number of hydrogen-bond donors (Lipinski definition) is 3. The molecule has 1 aromatic rings. The number of hydrogen-bond acceptors (Lipinski definition) is 5. The Hall–Kier alpha value is -1.64. The fraction of sp³-hybridized carbons (Fsp3) is 0.562. The molecule has 0 bridgehead atoms. The monoisotopic (exact) mass is 358 g/mol. The van der Waals surface area contributed by atoms with Gasteiger partial charge in [0.15, 0.2) is 0 Å². The van der Waals surface area contributed by atoms with Gasteiger partial charge in [0, 0.05) is 12.6 Å². The van der Waals surface area contributed by atoms with Gasteiger partial charge in [0.05, 0.1) is 4.90 Å². The molecule has 0 spiro atoms. The molecule has 0 radical (unpaired) electrons. The summed E-state index contributed by atoms with van der Waals surface area (Å²) in [7, 11) is -4.02. The molecule has 1 atom stereocenters. The van der Waals surface area contributed by atoms with Gasteiger partial charge in [0.25, 0.3) is 10.1 Å². The van der Waals surface area contributed by atoms with Crippen LogP contribution < -0.4 is 10.6 Å². The number of carbonyl (C=O) groups is 1. The van der Waals surface area contributed by atoms with Crippen molar-refractivity contribution < 1.29 is 22.5 Å². The molecule has 1 saturated heterocycles. The van der Waals surface area contributed by atoms with Crippen LogP contribution in [0.5, 0.6) is 0 Å². The third kappa shape index (κ3) is 8.28. The smallest absolute Gasteiger partial charge is 0.407 e. The van der Waals surface area contributed by atoms with Gasteiger partial charge in [0.2, 0.25) is 0 Å². The van der Waals surface area contributed by atoms with E-state index in [1.807, 2.05) is 27.7 Å². The lowest BCUT2D eigenvalue weighted by molar-refractivity contribution is 0.0517. The first-order valence-corrected chi connectivity index (χ1v) is 9.16. The van der Waals surface area contributed by atoms with E-state index < -0.39 is 15.7 Å². The van der Waals surface area contributed by atoms with Crippen molar-refractivity contribution in [2.24, 2.45) is 0 Å². The molecule has 1 amide bonds. The van der Waals surface area contributed by atoms with Gasteiger partial charge < -0.3 is 15.4 Å². The highest BCUT2D eigenvalue weighted by Gasteiger charge is 2.19. The van der Waals surface area contributed by atoms with Gasteiger partial charge >= 0.3 is 6.09 Å². The summed E-state index contributed by atoms with van der Waals surface area (Å²) in [6.45, 7) is 9.12. The standard InChI is InChI=1S/C9H18N2O2.C7H8O3S/c1-9(2,3)13-8(12)11-6-7-4-5-10-7;1-6-2-4-7(5-3-6)11(8,9)10/h7,10H,4-6H2,1-3H3,(H,11,12);2-5H,1H3,(H,8,9,10). The first-order valence-electron chi connectivity index (χ1n) is 7.72. The SMILES string of the molecule is CC(C)(C)OC(=O)NCC1CCN1.Cc1ccc(S(=O)(=O)O)cc1. The lowest BCUT2D eigenvalue weighted by Gasteiger charge is -2.28. The van der Waals surface area contributed by atoms with Gasteiger partial charge in [-0.3, -0.25) is 4.55 Å². The summed E-state index contributed by atoms with van der Waals surface area (Å²) in [5, 5.41) is 5.91. The number of aryl methyl sites for hydroxylation is 1. The summed E-state index contributed by atoms with van der Waals surface area (Å²) in [4.78, 5) is 11.1. The lowest BCUT2D eigenvalue weighted by Crippen LogP contribution is -2.50. The van der Waals surface area contributed by atoms with Crippen LogP contribution in [0.4, 0.5) is 4.79 Å². The Morgan fingerprint density at radius 2 is 1.88 bits per heavy atom. The molecule has 8 heteroatoms. The fourth-order valence-electron chi connectivity index (χ4n) is 1.75. The van der Waals surface area contributed by atoms with Gasteiger partial charge in [-0.2, -0.15) is 8.42 Å². The Morgan fingerprint density at radius 3 is 2.25 bits per heavy atom. The number of carbonyl (C=O) groups excluding carboxylic acids is 1. The summed E-state index contributed by atoms with van der Waals surface area (Å²) in [5.74, 6) is 0. The van der Waals surface area contributed by atoms with Gasteiger partial charge in [-0.25, -0.2) is 4.79 Å². The second-order valence-corrected chi connectivity index (χ2v) is 8.03. The van der Waals surface area contributed by atoms with Crippen LogP contribution in [0.3, 0.4) is 0 Å². The van der Waals surface area contributed by atoms with E-state index in [1.54, 1.807) is 12.1 Å². The lowest BCUT2D eigenvalue weighted by atomic mass is 10.1. The summed E-state index contributed by atoms with van der Waals surface area (Å²) in [6.07, 6.45) is 0.802. The molecule has 1 aliphatic heterocycles. The highest BCUT2D eigenvalue weighted by molar-refractivity contribution is 7.85. The maximum absolute atomic E-state index is 11.1. The highest BCUT2D eigenvalue weighted by Crippen LogP contribution is 2.08. The quantitative estimate of drug-likeness (QED) is 0.715. The Labute approximate surface area is 143 Å². The van der Waals surface area contributed by atoms with Crippen molar-refractivity contribution in [3.63, 3.8) is 0 Å². The minimum Gasteiger partial charge on any atom is -0.444 e. The zero-order chi connectivity index (χ0) is 18.4. The van der Waals surface area contributed by atoms with E-state index >= 15 is 0 Å². The molecule has 7 nitrogen and oxygen atoms in total. The van der Waals surface area contributed by atoms with Gasteiger partial charge in [-0.05, 0) is 52.8 Å². The van der Waals surface area contributed by atoms with E-state index in [-0.39, 0.29) is 11.0 Å². The molecule has 24 heavy (non-hydrogen) atoms. The molecule has 1 fully saturated rings. The minimum absolute atomic E-state index is 0.0666. The highest BCUT2D eigenvalue weighted by atomic mass is 32.2. The molecule has 3 N–H and O–H groups in total. The van der Waals surface area contributed by atoms with Crippen LogP contribution in [0.15, 0.2) is 29.2 Å². The second-order valence-electron chi connectivity index (χ2n) is 6.61. The summed E-state index contributed by atoms with van der Waals surface area (Å²) < 4.78 is 34.6. The molecule has 0 aromatic heterocycles. The second kappa shape index (κ2) is 8.46. The number of ether oxygens (including phenoxy) is 1. The molecule has 0 aliphatic carbocycles. The predicted molar refractivity (Wildman–Crippen MR) is 91.6 cm³/mol. The molecule has 1 unspecified atom stereocenters. The summed E-state index contributed by atoms with van der Waals surface area (Å²) in [5.41, 5.74) is 0.550. The Balaban J connectivity index is 0.000000243. The average molecular weight is 358 g/mol. The Morgan fingerprint density at radius 1 is 1.33 bits per heavy atom. The normalized spacial score (nSPS) is 17.1. The van der Waals surface area contributed by atoms with Gasteiger partial charge in [-0.1, -0.05) is 17.7 Å². The number of alkyl carbamates (subject to hydrolysis) is 1. The Bertz CT molecular complexity index is 631. The van der Waals surface area contributed by atoms with Crippen LogP contribution >= 0.6 is 0 Å².